The zero-order valence-corrected chi connectivity index (χ0v) is 18.0. The van der Waals surface area contributed by atoms with Gasteiger partial charge in [0.2, 0.25) is 0 Å². The molecule has 1 aromatic carbocycles. The minimum atomic E-state index is -4.36. The highest BCUT2D eigenvalue weighted by Crippen LogP contribution is 2.44. The zero-order valence-electron chi connectivity index (χ0n) is 16.4. The molecule has 0 unspecified atom stereocenters. The second-order valence-corrected chi connectivity index (χ2v) is 8.92. The highest BCUT2D eigenvalue weighted by atomic mass is 32.1. The number of anilines is 1. The van der Waals surface area contributed by atoms with Gasteiger partial charge < -0.3 is 5.73 Å². The normalized spacial score (nSPS) is 14.9. The Bertz CT molecular complexity index is 973. The van der Waals surface area contributed by atoms with Crippen molar-refractivity contribution >= 4 is 37.9 Å². The first-order valence-corrected chi connectivity index (χ1v) is 11.0. The van der Waals surface area contributed by atoms with Gasteiger partial charge >= 0.3 is 6.18 Å². The lowest BCUT2D eigenvalue weighted by atomic mass is 10.0. The lowest BCUT2D eigenvalue weighted by Gasteiger charge is -2.30. The van der Waals surface area contributed by atoms with Crippen LogP contribution in [0.15, 0.2) is 18.2 Å². The highest BCUT2D eigenvalue weighted by molar-refractivity contribution is 7.22. The Balaban J connectivity index is 0.00000109. The van der Waals surface area contributed by atoms with E-state index < -0.39 is 11.7 Å². The average Bonchev–Trinajstić information content (AvgIpc) is 3.20. The third kappa shape index (κ3) is 3.90. The van der Waals surface area contributed by atoms with Gasteiger partial charge in [0.05, 0.1) is 20.8 Å². The quantitative estimate of drug-likeness (QED) is 0.513. The van der Waals surface area contributed by atoms with Crippen molar-refractivity contribution in [3.63, 3.8) is 0 Å². The van der Waals surface area contributed by atoms with Gasteiger partial charge in [0.25, 0.3) is 0 Å². The summed E-state index contributed by atoms with van der Waals surface area (Å²) in [7, 11) is 0. The molecule has 0 saturated heterocycles. The van der Waals surface area contributed by atoms with Crippen LogP contribution in [0.2, 0.25) is 0 Å². The SMILES string of the molecule is CC.CC(C)N1CCc2c(sc(N)c2-c2nc3cc(C(F)(F)F)ccc3s2)C1. The summed E-state index contributed by atoms with van der Waals surface area (Å²) in [5.74, 6) is 0. The van der Waals surface area contributed by atoms with Crippen molar-refractivity contribution in [2.45, 2.75) is 52.9 Å². The molecule has 2 aromatic heterocycles. The van der Waals surface area contributed by atoms with E-state index in [1.165, 1.54) is 27.8 Å². The maximum atomic E-state index is 12.9. The molecule has 0 radical (unpaired) electrons. The number of halogens is 3. The summed E-state index contributed by atoms with van der Waals surface area (Å²) in [5.41, 5.74) is 8.11. The molecule has 0 bridgehead atoms. The Labute approximate surface area is 171 Å². The third-order valence-corrected chi connectivity index (χ3v) is 6.87. The van der Waals surface area contributed by atoms with E-state index in [-0.39, 0.29) is 0 Å². The summed E-state index contributed by atoms with van der Waals surface area (Å²) in [4.78, 5) is 8.13. The van der Waals surface area contributed by atoms with E-state index in [2.05, 4.69) is 23.7 Å². The number of alkyl halides is 3. The Morgan fingerprint density at radius 3 is 2.54 bits per heavy atom. The van der Waals surface area contributed by atoms with Crippen molar-refractivity contribution in [1.29, 1.82) is 0 Å². The fourth-order valence-electron chi connectivity index (χ4n) is 3.33. The van der Waals surface area contributed by atoms with Crippen LogP contribution in [0.4, 0.5) is 18.2 Å². The zero-order chi connectivity index (χ0) is 20.6. The maximum Gasteiger partial charge on any atom is 0.416 e. The van der Waals surface area contributed by atoms with Crippen molar-refractivity contribution in [1.82, 2.24) is 9.88 Å². The van der Waals surface area contributed by atoms with Crippen LogP contribution < -0.4 is 5.73 Å². The number of thiazole rings is 1. The van der Waals surface area contributed by atoms with Crippen LogP contribution in [-0.2, 0) is 19.1 Å². The van der Waals surface area contributed by atoms with E-state index in [0.29, 0.717) is 21.6 Å². The molecule has 3 nitrogen and oxygen atoms in total. The predicted octanol–water partition coefficient (Wildman–Crippen LogP) is 6.42. The van der Waals surface area contributed by atoms with Crippen LogP contribution in [0.25, 0.3) is 20.8 Å². The first-order chi connectivity index (χ1) is 13.2. The molecule has 0 aliphatic carbocycles. The van der Waals surface area contributed by atoms with Crippen LogP contribution in [0, 0.1) is 0 Å². The van der Waals surface area contributed by atoms with E-state index in [0.717, 1.165) is 41.9 Å². The fourth-order valence-corrected chi connectivity index (χ4v) is 5.57. The van der Waals surface area contributed by atoms with Crippen molar-refractivity contribution in [3.8, 4) is 10.6 Å². The van der Waals surface area contributed by atoms with Gasteiger partial charge in [0.1, 0.15) is 5.01 Å². The fraction of sp³-hybridized carbons (Fsp3) is 0.450. The van der Waals surface area contributed by atoms with Crippen LogP contribution in [-0.4, -0.2) is 22.5 Å². The Hall–Kier alpha value is -1.64. The van der Waals surface area contributed by atoms with Gasteiger partial charge in [0, 0.05) is 29.6 Å². The molecule has 0 spiro atoms. The number of hydrogen-bond donors (Lipinski definition) is 1. The van der Waals surface area contributed by atoms with Crippen LogP contribution in [0.1, 0.15) is 43.7 Å². The maximum absolute atomic E-state index is 12.9. The molecule has 8 heteroatoms. The Kier molecular flexibility index (Phi) is 6.03. The molecule has 3 heterocycles. The molecule has 0 amide bonds. The van der Waals surface area contributed by atoms with Gasteiger partial charge in [-0.15, -0.1) is 22.7 Å². The second-order valence-electron chi connectivity index (χ2n) is 6.76. The molecule has 1 aliphatic rings. The summed E-state index contributed by atoms with van der Waals surface area (Å²) < 4.78 is 39.6. The van der Waals surface area contributed by atoms with Gasteiger partial charge in [-0.2, -0.15) is 13.2 Å². The van der Waals surface area contributed by atoms with Crippen LogP contribution in [0.5, 0.6) is 0 Å². The lowest BCUT2D eigenvalue weighted by molar-refractivity contribution is -0.137. The van der Waals surface area contributed by atoms with E-state index in [1.807, 2.05) is 13.8 Å². The van der Waals surface area contributed by atoms with Crippen molar-refractivity contribution in [3.05, 3.63) is 34.2 Å². The molecule has 2 N–H and O–H groups in total. The van der Waals surface area contributed by atoms with Gasteiger partial charge in [-0.25, -0.2) is 4.98 Å². The summed E-state index contributed by atoms with van der Waals surface area (Å²) in [6.45, 7) is 10.2. The summed E-state index contributed by atoms with van der Waals surface area (Å²) in [5, 5.41) is 1.42. The number of fused-ring (bicyclic) bond motifs is 2. The number of thiophene rings is 1. The van der Waals surface area contributed by atoms with Crippen molar-refractivity contribution in [2.75, 3.05) is 12.3 Å². The molecule has 4 rings (SSSR count). The second kappa shape index (κ2) is 8.00. The van der Waals surface area contributed by atoms with E-state index >= 15 is 0 Å². The van der Waals surface area contributed by atoms with Crippen LogP contribution in [0.3, 0.4) is 0 Å². The topological polar surface area (TPSA) is 42.1 Å². The number of nitrogens with two attached hydrogens (primary N) is 1. The number of hydrogen-bond acceptors (Lipinski definition) is 5. The van der Waals surface area contributed by atoms with Gasteiger partial charge in [-0.3, -0.25) is 4.90 Å². The van der Waals surface area contributed by atoms with Crippen molar-refractivity contribution < 1.29 is 13.2 Å². The molecular weight excluding hydrogens is 403 g/mol. The number of rotatable bonds is 2. The first-order valence-electron chi connectivity index (χ1n) is 9.36. The highest BCUT2D eigenvalue weighted by Gasteiger charge is 2.31. The van der Waals surface area contributed by atoms with E-state index in [9.17, 15) is 13.2 Å². The molecule has 152 valence electrons. The molecule has 3 aromatic rings. The number of nitrogens with zero attached hydrogens (tertiary/aromatic N) is 2. The third-order valence-electron chi connectivity index (χ3n) is 4.77. The minimum absolute atomic E-state index is 0.374. The molecule has 0 saturated carbocycles. The smallest absolute Gasteiger partial charge is 0.390 e. The molecule has 0 atom stereocenters. The van der Waals surface area contributed by atoms with Crippen LogP contribution >= 0.6 is 22.7 Å². The van der Waals surface area contributed by atoms with Gasteiger partial charge in [-0.1, -0.05) is 13.8 Å². The summed E-state index contributed by atoms with van der Waals surface area (Å²) >= 11 is 2.98. The molecule has 0 fully saturated rings. The Morgan fingerprint density at radius 1 is 1.18 bits per heavy atom. The number of benzene rings is 1. The van der Waals surface area contributed by atoms with Crippen molar-refractivity contribution in [2.24, 2.45) is 0 Å². The minimum Gasteiger partial charge on any atom is -0.390 e. The molecule has 1 aliphatic heterocycles. The standard InChI is InChI=1S/C18H18F3N3S2.C2H6/c1-9(2)24-6-5-11-14(8-24)25-16(22)15(11)17-23-12-7-10(18(19,20)21)3-4-13(12)26-17;1-2/h3-4,7,9H,5-6,8,22H2,1-2H3;1-2H3. The summed E-state index contributed by atoms with van der Waals surface area (Å²) in [6.07, 6.45) is -3.47. The average molecular weight is 428 g/mol. The first kappa shape index (κ1) is 21.1. The number of nitrogen functional groups attached to an aromatic ring is 1. The number of aromatic nitrogens is 1. The van der Waals surface area contributed by atoms with Gasteiger partial charge in [0.15, 0.2) is 0 Å². The predicted molar refractivity (Wildman–Crippen MR) is 113 cm³/mol. The monoisotopic (exact) mass is 427 g/mol. The van der Waals surface area contributed by atoms with Gasteiger partial charge in [-0.05, 0) is 44.0 Å². The van der Waals surface area contributed by atoms with E-state index in [4.69, 9.17) is 5.73 Å². The largest absolute Gasteiger partial charge is 0.416 e. The molecular formula is C20H24F3N3S2. The Morgan fingerprint density at radius 2 is 1.89 bits per heavy atom. The lowest BCUT2D eigenvalue weighted by Crippen LogP contribution is -2.35. The van der Waals surface area contributed by atoms with E-state index in [1.54, 1.807) is 11.3 Å². The summed E-state index contributed by atoms with van der Waals surface area (Å²) in [6, 6.07) is 4.19. The molecule has 28 heavy (non-hydrogen) atoms.